The maximum atomic E-state index is 12.0. The maximum Gasteiger partial charge on any atom is 0.472 e. The Balaban J connectivity index is 2.77. The van der Waals surface area contributed by atoms with E-state index in [-0.39, 0.29) is 18.0 Å². The van der Waals surface area contributed by atoms with Crippen LogP contribution in [-0.2, 0) is 23.1 Å². The van der Waals surface area contributed by atoms with Crippen LogP contribution in [-0.4, -0.2) is 61.3 Å². The molecule has 0 saturated carbocycles. The van der Waals surface area contributed by atoms with Gasteiger partial charge in [0, 0.05) is 6.00 Å². The fraction of sp³-hybridized carbons (Fsp3) is 1.00. The zero-order valence-corrected chi connectivity index (χ0v) is 14.8. The predicted molar refractivity (Wildman–Crippen MR) is 83.7 cm³/mol. The third-order valence-corrected chi connectivity index (χ3v) is 5.09. The smallest absolute Gasteiger partial charge is 0.378 e. The van der Waals surface area contributed by atoms with E-state index in [0.29, 0.717) is 0 Å². The molecule has 2 unspecified atom stereocenters. The largest absolute Gasteiger partial charge is 0.472 e. The summed E-state index contributed by atoms with van der Waals surface area (Å²) in [5, 5.41) is -0.262. The molecule has 1 saturated heterocycles. The Kier molecular flexibility index (Phi) is 7.74. The molecule has 1 aliphatic rings. The Morgan fingerprint density at radius 2 is 1.95 bits per heavy atom. The molecule has 9 heteroatoms. The van der Waals surface area contributed by atoms with Crippen molar-refractivity contribution >= 4 is 27.4 Å². The maximum absolute atomic E-state index is 12.0. The third-order valence-electron chi connectivity index (χ3n) is 2.81. The minimum Gasteiger partial charge on any atom is -0.378 e. The summed E-state index contributed by atoms with van der Waals surface area (Å²) in [5.74, 6) is 0. The topological polar surface area (TPSA) is 74.2 Å². The van der Waals surface area contributed by atoms with Crippen LogP contribution in [0.4, 0.5) is 0 Å². The van der Waals surface area contributed by atoms with E-state index < -0.39 is 32.1 Å². The molecule has 1 aliphatic heterocycles. The van der Waals surface area contributed by atoms with Crippen molar-refractivity contribution in [3.63, 3.8) is 0 Å². The standard InChI is InChI=1S/C12H24BO6PS/c1-7(2)16-6-9-10(11(21-5)12(13)17-9)19-20(14,15)18-8(3)4/h7-12H,6H2,1-5H3,(H,14,15)/t9-,10-,11?,12-/m1/s1. The first-order chi connectivity index (χ1) is 9.66. The van der Waals surface area contributed by atoms with E-state index in [0.717, 1.165) is 0 Å². The van der Waals surface area contributed by atoms with Gasteiger partial charge in [-0.05, 0) is 34.0 Å². The lowest BCUT2D eigenvalue weighted by Gasteiger charge is -2.26. The molecule has 0 aromatic carbocycles. The number of thioether (sulfide) groups is 1. The van der Waals surface area contributed by atoms with Gasteiger partial charge in [0.15, 0.2) is 0 Å². The quantitative estimate of drug-likeness (QED) is 0.535. The van der Waals surface area contributed by atoms with Crippen molar-refractivity contribution < 1.29 is 28.0 Å². The molecule has 0 amide bonds. The summed E-state index contributed by atoms with van der Waals surface area (Å²) in [4.78, 5) is 9.80. The van der Waals surface area contributed by atoms with Gasteiger partial charge in [0.1, 0.15) is 20.1 Å². The van der Waals surface area contributed by atoms with Gasteiger partial charge < -0.3 is 14.4 Å². The lowest BCUT2D eigenvalue weighted by Crippen LogP contribution is -2.35. The van der Waals surface area contributed by atoms with Gasteiger partial charge in [-0.2, -0.15) is 11.8 Å². The number of phosphoric acid groups is 1. The second kappa shape index (κ2) is 8.34. The predicted octanol–water partition coefficient (Wildman–Crippen LogP) is 1.95. The minimum absolute atomic E-state index is 0.0200. The summed E-state index contributed by atoms with van der Waals surface area (Å²) in [5.41, 5.74) is 0. The average molecular weight is 338 g/mol. The number of ether oxygens (including phenoxy) is 2. The molecule has 2 radical (unpaired) electrons. The Morgan fingerprint density at radius 3 is 2.43 bits per heavy atom. The average Bonchev–Trinajstić information content (AvgIpc) is 2.59. The van der Waals surface area contributed by atoms with E-state index in [2.05, 4.69) is 0 Å². The lowest BCUT2D eigenvalue weighted by atomic mass is 9.95. The van der Waals surface area contributed by atoms with Crippen LogP contribution >= 0.6 is 19.6 Å². The normalized spacial score (nSPS) is 32.8. The highest BCUT2D eigenvalue weighted by molar-refractivity contribution is 7.99. The van der Waals surface area contributed by atoms with Crippen molar-refractivity contribution in [2.24, 2.45) is 0 Å². The van der Waals surface area contributed by atoms with E-state index in [4.69, 9.17) is 26.4 Å². The SMILES string of the molecule is [B][C@@H]1O[C@H](COC(C)C)[C@@H](OP(=O)(O)OC(C)C)C1SC. The minimum atomic E-state index is -4.16. The zero-order valence-electron chi connectivity index (χ0n) is 13.1. The van der Waals surface area contributed by atoms with E-state index in [9.17, 15) is 9.46 Å². The lowest BCUT2D eigenvalue weighted by molar-refractivity contribution is -0.0481. The van der Waals surface area contributed by atoms with E-state index in [1.807, 2.05) is 20.1 Å². The van der Waals surface area contributed by atoms with Crippen molar-refractivity contribution in [3.05, 3.63) is 0 Å². The van der Waals surface area contributed by atoms with Crippen molar-refractivity contribution in [2.45, 2.75) is 63.4 Å². The number of rotatable bonds is 8. The van der Waals surface area contributed by atoms with Gasteiger partial charge in [0.25, 0.3) is 0 Å². The van der Waals surface area contributed by atoms with Crippen LogP contribution in [0, 0.1) is 0 Å². The Labute approximate surface area is 132 Å². The van der Waals surface area contributed by atoms with Crippen LogP contribution in [0.1, 0.15) is 27.7 Å². The first-order valence-electron chi connectivity index (χ1n) is 6.91. The van der Waals surface area contributed by atoms with Gasteiger partial charge in [-0.3, -0.25) is 9.05 Å². The van der Waals surface area contributed by atoms with E-state index >= 15 is 0 Å². The molecule has 122 valence electrons. The molecule has 0 aromatic heterocycles. The Bertz CT molecular complexity index is 370. The molecule has 1 N–H and O–H groups in total. The second-order valence-electron chi connectivity index (χ2n) is 5.41. The van der Waals surface area contributed by atoms with Crippen LogP contribution in [0.5, 0.6) is 0 Å². The molecule has 0 bridgehead atoms. The molecule has 21 heavy (non-hydrogen) atoms. The molecule has 0 aliphatic carbocycles. The van der Waals surface area contributed by atoms with Crippen molar-refractivity contribution in [1.82, 2.24) is 0 Å². The second-order valence-corrected chi connectivity index (χ2v) is 7.79. The third kappa shape index (κ3) is 6.22. The molecule has 6 nitrogen and oxygen atoms in total. The Morgan fingerprint density at radius 1 is 1.33 bits per heavy atom. The number of phosphoric ester groups is 1. The van der Waals surface area contributed by atoms with Gasteiger partial charge in [0.2, 0.25) is 0 Å². The highest BCUT2D eigenvalue weighted by Crippen LogP contribution is 2.49. The zero-order chi connectivity index (χ0) is 16.2. The van der Waals surface area contributed by atoms with Gasteiger partial charge in [0.05, 0.1) is 24.1 Å². The van der Waals surface area contributed by atoms with Crippen LogP contribution in [0.3, 0.4) is 0 Å². The summed E-state index contributed by atoms with van der Waals surface area (Å²) >= 11 is 1.43. The van der Waals surface area contributed by atoms with Gasteiger partial charge in [-0.15, -0.1) is 0 Å². The number of hydrogen-bond acceptors (Lipinski definition) is 6. The summed E-state index contributed by atoms with van der Waals surface area (Å²) in [6.07, 6.45) is 0.280. The first kappa shape index (κ1) is 19.5. The van der Waals surface area contributed by atoms with Gasteiger partial charge in [-0.1, -0.05) is 0 Å². The first-order valence-corrected chi connectivity index (χ1v) is 9.69. The van der Waals surface area contributed by atoms with Gasteiger partial charge >= 0.3 is 7.82 Å². The molecule has 1 rings (SSSR count). The van der Waals surface area contributed by atoms with Gasteiger partial charge in [-0.25, -0.2) is 4.57 Å². The van der Waals surface area contributed by atoms with Crippen molar-refractivity contribution in [3.8, 4) is 0 Å². The van der Waals surface area contributed by atoms with Crippen molar-refractivity contribution in [1.29, 1.82) is 0 Å². The number of hydrogen-bond donors (Lipinski definition) is 1. The van der Waals surface area contributed by atoms with Crippen LogP contribution < -0.4 is 0 Å². The highest BCUT2D eigenvalue weighted by Gasteiger charge is 2.46. The molecule has 1 heterocycles. The molecule has 0 aromatic rings. The van der Waals surface area contributed by atoms with Crippen LogP contribution in [0.2, 0.25) is 0 Å². The van der Waals surface area contributed by atoms with E-state index in [1.54, 1.807) is 13.8 Å². The molecular formula is C12H24BO6PS. The highest BCUT2D eigenvalue weighted by atomic mass is 32.2. The fourth-order valence-corrected chi connectivity index (χ4v) is 4.09. The summed E-state index contributed by atoms with van der Waals surface area (Å²) in [6, 6.07) is -0.579. The molecular weight excluding hydrogens is 314 g/mol. The summed E-state index contributed by atoms with van der Waals surface area (Å²) in [7, 11) is 1.74. The molecule has 0 spiro atoms. The van der Waals surface area contributed by atoms with E-state index in [1.165, 1.54) is 11.8 Å². The van der Waals surface area contributed by atoms with Crippen LogP contribution in [0.15, 0.2) is 0 Å². The fourth-order valence-electron chi connectivity index (χ4n) is 2.02. The Hall–Kier alpha value is 0.445. The summed E-state index contributed by atoms with van der Waals surface area (Å²) in [6.45, 7) is 7.36. The van der Waals surface area contributed by atoms with Crippen molar-refractivity contribution in [2.75, 3.05) is 12.9 Å². The van der Waals surface area contributed by atoms with Crippen LogP contribution in [0.25, 0.3) is 0 Å². The molecule has 5 atom stereocenters. The molecule has 1 fully saturated rings. The monoisotopic (exact) mass is 338 g/mol. The summed E-state index contributed by atoms with van der Waals surface area (Å²) < 4.78 is 33.4.